The quantitative estimate of drug-likeness (QED) is 0.605. The number of amides is 1. The number of benzene rings is 2. The number of carbonyl (C=O) groups is 1. The van der Waals surface area contributed by atoms with E-state index in [9.17, 15) is 4.79 Å². The highest BCUT2D eigenvalue weighted by atomic mass is 35.5. The van der Waals surface area contributed by atoms with E-state index in [1.807, 2.05) is 24.3 Å². The summed E-state index contributed by atoms with van der Waals surface area (Å²) in [5.74, 6) is 0.721. The van der Waals surface area contributed by atoms with Gasteiger partial charge in [0.2, 0.25) is 5.96 Å². The average Bonchev–Trinajstić information content (AvgIpc) is 3.20. The predicted molar refractivity (Wildman–Crippen MR) is 107 cm³/mol. The summed E-state index contributed by atoms with van der Waals surface area (Å²) in [5.41, 5.74) is 1.20. The number of anilines is 1. The fourth-order valence-corrected chi connectivity index (χ4v) is 2.87. The summed E-state index contributed by atoms with van der Waals surface area (Å²) >= 11 is 5.89. The summed E-state index contributed by atoms with van der Waals surface area (Å²) in [5, 5.41) is 6.54. The maximum atomic E-state index is 12.6. The van der Waals surface area contributed by atoms with E-state index in [4.69, 9.17) is 21.1 Å². The number of hydrogen-bond donors (Lipinski definition) is 2. The summed E-state index contributed by atoms with van der Waals surface area (Å²) in [6, 6.07) is 14.1. The van der Waals surface area contributed by atoms with Crippen LogP contribution in [0.4, 0.5) is 5.69 Å². The second kappa shape index (κ2) is 9.39. The van der Waals surface area contributed by atoms with Crippen LogP contribution in [0.15, 0.2) is 53.5 Å². The fourth-order valence-electron chi connectivity index (χ4n) is 2.75. The van der Waals surface area contributed by atoms with Crippen molar-refractivity contribution in [2.45, 2.75) is 18.9 Å². The Hall–Kier alpha value is -2.57. The molecule has 1 aliphatic rings. The summed E-state index contributed by atoms with van der Waals surface area (Å²) in [7, 11) is 1.59. The van der Waals surface area contributed by atoms with Gasteiger partial charge >= 0.3 is 0 Å². The molecule has 3 rings (SSSR count). The lowest BCUT2D eigenvalue weighted by Crippen LogP contribution is -2.36. The van der Waals surface area contributed by atoms with Crippen LogP contribution in [0.5, 0.6) is 5.75 Å². The first-order chi connectivity index (χ1) is 13.2. The van der Waals surface area contributed by atoms with Crippen molar-refractivity contribution in [3.8, 4) is 5.75 Å². The summed E-state index contributed by atoms with van der Waals surface area (Å²) in [6.07, 6.45) is 2.08. The maximum absolute atomic E-state index is 12.6. The van der Waals surface area contributed by atoms with Gasteiger partial charge in [0, 0.05) is 17.2 Å². The minimum atomic E-state index is -0.278. The molecule has 0 spiro atoms. The van der Waals surface area contributed by atoms with Gasteiger partial charge in [-0.3, -0.25) is 10.1 Å². The zero-order valence-corrected chi connectivity index (χ0v) is 15.8. The molecule has 2 aromatic rings. The summed E-state index contributed by atoms with van der Waals surface area (Å²) in [4.78, 5) is 17.1. The van der Waals surface area contributed by atoms with E-state index in [1.54, 1.807) is 31.4 Å². The molecule has 0 bridgehead atoms. The molecule has 1 aliphatic heterocycles. The monoisotopic (exact) mass is 387 g/mol. The first-order valence-electron chi connectivity index (χ1n) is 8.78. The lowest BCUT2D eigenvalue weighted by Gasteiger charge is -2.15. The van der Waals surface area contributed by atoms with Crippen LogP contribution < -0.4 is 15.4 Å². The second-order valence-corrected chi connectivity index (χ2v) is 6.55. The molecule has 0 unspecified atom stereocenters. The molecule has 1 atom stereocenters. The molecule has 0 aromatic heterocycles. The smallest absolute Gasteiger partial charge is 0.257 e. The van der Waals surface area contributed by atoms with E-state index < -0.39 is 0 Å². The van der Waals surface area contributed by atoms with Crippen molar-refractivity contribution in [3.63, 3.8) is 0 Å². The van der Waals surface area contributed by atoms with Crippen LogP contribution in [0.25, 0.3) is 0 Å². The topological polar surface area (TPSA) is 71.9 Å². The molecular weight excluding hydrogens is 366 g/mol. The third kappa shape index (κ3) is 5.45. The average molecular weight is 388 g/mol. The second-order valence-electron chi connectivity index (χ2n) is 6.11. The largest absolute Gasteiger partial charge is 0.495 e. The summed E-state index contributed by atoms with van der Waals surface area (Å²) < 4.78 is 11.0. The van der Waals surface area contributed by atoms with Gasteiger partial charge in [0.1, 0.15) is 5.75 Å². The Balaban J connectivity index is 1.77. The van der Waals surface area contributed by atoms with Crippen molar-refractivity contribution in [1.29, 1.82) is 0 Å². The molecule has 7 heteroatoms. The van der Waals surface area contributed by atoms with Crippen LogP contribution in [-0.2, 0) is 4.74 Å². The van der Waals surface area contributed by atoms with Gasteiger partial charge in [0.25, 0.3) is 5.91 Å². The normalized spacial score (nSPS) is 16.8. The van der Waals surface area contributed by atoms with Gasteiger partial charge in [-0.1, -0.05) is 23.7 Å². The van der Waals surface area contributed by atoms with Crippen LogP contribution in [0.1, 0.15) is 23.2 Å². The Bertz CT molecular complexity index is 802. The zero-order valence-electron chi connectivity index (χ0n) is 15.1. The molecule has 6 nitrogen and oxygen atoms in total. The lowest BCUT2D eigenvalue weighted by atomic mass is 10.2. The molecule has 1 heterocycles. The number of halogens is 1. The number of carbonyl (C=O) groups excluding carboxylic acids is 1. The van der Waals surface area contributed by atoms with Crippen LogP contribution in [0.3, 0.4) is 0 Å². The molecule has 1 saturated heterocycles. The van der Waals surface area contributed by atoms with Crippen molar-refractivity contribution < 1.29 is 14.3 Å². The number of aliphatic imine (C=N–C) groups is 1. The highest BCUT2D eigenvalue weighted by molar-refractivity contribution is 6.30. The molecule has 0 aliphatic carbocycles. The van der Waals surface area contributed by atoms with Gasteiger partial charge in [-0.2, -0.15) is 0 Å². The number of hydrogen-bond acceptors (Lipinski definition) is 4. The first kappa shape index (κ1) is 19.2. The molecule has 2 N–H and O–H groups in total. The van der Waals surface area contributed by atoms with Crippen molar-refractivity contribution in [3.05, 3.63) is 59.1 Å². The van der Waals surface area contributed by atoms with Crippen LogP contribution in [0.2, 0.25) is 5.02 Å². The van der Waals surface area contributed by atoms with Gasteiger partial charge in [-0.15, -0.1) is 0 Å². The molecule has 2 aromatic carbocycles. The Morgan fingerprint density at radius 3 is 2.74 bits per heavy atom. The number of rotatable bonds is 5. The minimum absolute atomic E-state index is 0.0758. The molecular formula is C20H22ClN3O3. The van der Waals surface area contributed by atoms with Crippen molar-refractivity contribution in [1.82, 2.24) is 5.32 Å². The number of para-hydroxylation sites is 2. The van der Waals surface area contributed by atoms with E-state index >= 15 is 0 Å². The molecule has 27 heavy (non-hydrogen) atoms. The molecule has 0 saturated carbocycles. The molecule has 0 radical (unpaired) electrons. The van der Waals surface area contributed by atoms with Gasteiger partial charge in [-0.25, -0.2) is 4.99 Å². The third-order valence-corrected chi connectivity index (χ3v) is 4.43. The highest BCUT2D eigenvalue weighted by Gasteiger charge is 2.16. The maximum Gasteiger partial charge on any atom is 0.257 e. The van der Waals surface area contributed by atoms with Crippen LogP contribution in [0, 0.1) is 0 Å². The number of nitrogens with one attached hydrogen (secondary N) is 2. The number of methoxy groups -OCH3 is 1. The van der Waals surface area contributed by atoms with Crippen LogP contribution in [-0.4, -0.2) is 38.2 Å². The van der Waals surface area contributed by atoms with E-state index in [0.717, 1.165) is 19.4 Å². The number of ether oxygens (including phenoxy) is 2. The number of nitrogens with zero attached hydrogens (tertiary/aromatic N) is 1. The van der Waals surface area contributed by atoms with Crippen LogP contribution >= 0.6 is 11.6 Å². The lowest BCUT2D eigenvalue weighted by molar-refractivity contribution is 0.0975. The van der Waals surface area contributed by atoms with Gasteiger partial charge in [-0.05, 0) is 49.2 Å². The van der Waals surface area contributed by atoms with E-state index in [2.05, 4.69) is 15.6 Å². The molecule has 142 valence electrons. The summed E-state index contributed by atoms with van der Waals surface area (Å²) in [6.45, 7) is 1.23. The van der Waals surface area contributed by atoms with E-state index in [0.29, 0.717) is 34.5 Å². The SMILES string of the molecule is COc1ccccc1NC(=NC[C@@H]1CCCO1)NC(=O)c1ccc(Cl)cc1. The van der Waals surface area contributed by atoms with Crippen molar-refractivity contribution in [2.24, 2.45) is 4.99 Å². The Morgan fingerprint density at radius 2 is 2.04 bits per heavy atom. The fraction of sp³-hybridized carbons (Fsp3) is 0.300. The first-order valence-corrected chi connectivity index (χ1v) is 9.16. The minimum Gasteiger partial charge on any atom is -0.495 e. The Kier molecular flexibility index (Phi) is 6.68. The predicted octanol–water partition coefficient (Wildman–Crippen LogP) is 3.73. The molecule has 1 fully saturated rings. The van der Waals surface area contributed by atoms with Gasteiger partial charge in [0.05, 0.1) is 25.4 Å². The Labute approximate surface area is 163 Å². The molecule has 1 amide bonds. The zero-order chi connectivity index (χ0) is 19.1. The standard InChI is InChI=1S/C20H22ClN3O3/c1-26-18-7-3-2-6-17(18)23-20(22-13-16-5-4-12-27-16)24-19(25)14-8-10-15(21)11-9-14/h2-3,6-11,16H,4-5,12-13H2,1H3,(H2,22,23,24,25)/t16-/m0/s1. The van der Waals surface area contributed by atoms with E-state index in [1.165, 1.54) is 0 Å². The van der Waals surface area contributed by atoms with Gasteiger partial charge in [0.15, 0.2) is 0 Å². The third-order valence-electron chi connectivity index (χ3n) is 4.18. The van der Waals surface area contributed by atoms with Gasteiger partial charge < -0.3 is 14.8 Å². The van der Waals surface area contributed by atoms with E-state index in [-0.39, 0.29) is 12.0 Å². The van der Waals surface area contributed by atoms with Crippen molar-refractivity contribution in [2.75, 3.05) is 25.6 Å². The Morgan fingerprint density at radius 1 is 1.26 bits per heavy atom. The van der Waals surface area contributed by atoms with Crippen molar-refractivity contribution >= 4 is 29.2 Å². The highest BCUT2D eigenvalue weighted by Crippen LogP contribution is 2.23. The number of guanidine groups is 1.